The lowest BCUT2D eigenvalue weighted by atomic mass is 9.92. The zero-order valence-electron chi connectivity index (χ0n) is 18.9. The third-order valence-electron chi connectivity index (χ3n) is 6.32. The van der Waals surface area contributed by atoms with Gasteiger partial charge in [-0.25, -0.2) is 9.97 Å². The van der Waals surface area contributed by atoms with Gasteiger partial charge in [0.15, 0.2) is 0 Å². The molecule has 1 saturated heterocycles. The topological polar surface area (TPSA) is 89.5 Å². The summed E-state index contributed by atoms with van der Waals surface area (Å²) >= 11 is 0. The highest BCUT2D eigenvalue weighted by Gasteiger charge is 2.25. The number of amides is 1. The van der Waals surface area contributed by atoms with Gasteiger partial charge < -0.3 is 19.7 Å². The normalized spacial score (nSPS) is 21.1. The van der Waals surface area contributed by atoms with Gasteiger partial charge in [0.1, 0.15) is 17.0 Å². The van der Waals surface area contributed by atoms with Gasteiger partial charge in [-0.2, -0.15) is 0 Å². The maximum absolute atomic E-state index is 12.5. The van der Waals surface area contributed by atoms with E-state index in [0.29, 0.717) is 5.69 Å². The number of rotatable bonds is 5. The molecule has 33 heavy (non-hydrogen) atoms. The minimum absolute atomic E-state index is 0.0837. The number of ether oxygens (including phenoxy) is 2. The first-order chi connectivity index (χ1) is 16.2. The number of hydrogen-bond donors (Lipinski definition) is 1. The van der Waals surface area contributed by atoms with Crippen molar-refractivity contribution in [1.82, 2.24) is 20.3 Å². The van der Waals surface area contributed by atoms with Crippen LogP contribution in [0.4, 0.5) is 5.69 Å². The third-order valence-corrected chi connectivity index (χ3v) is 6.32. The van der Waals surface area contributed by atoms with E-state index in [4.69, 9.17) is 9.47 Å². The number of pyridine rings is 1. The molecule has 3 heterocycles. The Morgan fingerprint density at radius 2 is 1.88 bits per heavy atom. The molecule has 2 fully saturated rings. The molecule has 0 spiro atoms. The predicted molar refractivity (Wildman–Crippen MR) is 126 cm³/mol. The number of hydrogen-bond acceptors (Lipinski definition) is 7. The number of carbonyl (C=O) groups excluding carboxylic acids is 1. The Bertz CT molecular complexity index is 1120. The molecular weight excluding hydrogens is 418 g/mol. The molecular formula is C25H29N5O3. The van der Waals surface area contributed by atoms with Gasteiger partial charge in [-0.1, -0.05) is 6.07 Å². The van der Waals surface area contributed by atoms with E-state index in [1.165, 1.54) is 0 Å². The zero-order valence-corrected chi connectivity index (χ0v) is 18.9. The standard InChI is InChI=1S/C25H29N5O3/c1-17-3-2-4-21(28-17)25(31)29-18-5-7-20(8-6-18)33-23-16-19(30-11-13-32-14-12-30)15-22-24(23)27-10-9-26-22/h2-4,9-10,15-16,18,20H,5-8,11-14H2,1H3,(H,29,31)/t18-,20+. The largest absolute Gasteiger partial charge is 0.488 e. The summed E-state index contributed by atoms with van der Waals surface area (Å²) in [5.41, 5.74) is 4.03. The number of morpholine rings is 1. The number of nitrogens with zero attached hydrogens (tertiary/aromatic N) is 4. The van der Waals surface area contributed by atoms with Crippen LogP contribution in [-0.4, -0.2) is 59.3 Å². The van der Waals surface area contributed by atoms with Gasteiger partial charge in [-0.3, -0.25) is 9.78 Å². The van der Waals surface area contributed by atoms with E-state index in [9.17, 15) is 4.79 Å². The molecule has 172 valence electrons. The fourth-order valence-electron chi connectivity index (χ4n) is 4.56. The van der Waals surface area contributed by atoms with Crippen molar-refractivity contribution in [2.75, 3.05) is 31.2 Å². The lowest BCUT2D eigenvalue weighted by molar-refractivity contribution is 0.0890. The first-order valence-electron chi connectivity index (χ1n) is 11.6. The fraction of sp³-hybridized carbons (Fsp3) is 0.440. The molecule has 1 aliphatic carbocycles. The molecule has 1 N–H and O–H groups in total. The van der Waals surface area contributed by atoms with Crippen LogP contribution in [0.1, 0.15) is 41.9 Å². The van der Waals surface area contributed by atoms with Gasteiger partial charge in [0.25, 0.3) is 5.91 Å². The van der Waals surface area contributed by atoms with Gasteiger partial charge in [0.05, 0.1) is 24.8 Å². The van der Waals surface area contributed by atoms with Crippen LogP contribution in [0.5, 0.6) is 5.75 Å². The summed E-state index contributed by atoms with van der Waals surface area (Å²) in [4.78, 5) is 28.2. The van der Waals surface area contributed by atoms with Gasteiger partial charge in [0.2, 0.25) is 0 Å². The second-order valence-corrected chi connectivity index (χ2v) is 8.70. The van der Waals surface area contributed by atoms with Crippen molar-refractivity contribution in [3.05, 3.63) is 54.1 Å². The highest BCUT2D eigenvalue weighted by Crippen LogP contribution is 2.33. The lowest BCUT2D eigenvalue weighted by Crippen LogP contribution is -2.40. The molecule has 1 aromatic carbocycles. The summed E-state index contributed by atoms with van der Waals surface area (Å²) in [6, 6.07) is 9.80. The van der Waals surface area contributed by atoms with E-state index in [1.54, 1.807) is 18.5 Å². The molecule has 3 aromatic rings. The minimum atomic E-state index is -0.109. The van der Waals surface area contributed by atoms with Crippen molar-refractivity contribution < 1.29 is 14.3 Å². The Hall–Kier alpha value is -3.26. The van der Waals surface area contributed by atoms with Crippen LogP contribution in [-0.2, 0) is 4.74 Å². The smallest absolute Gasteiger partial charge is 0.270 e. The van der Waals surface area contributed by atoms with Crippen LogP contribution >= 0.6 is 0 Å². The average molecular weight is 448 g/mol. The minimum Gasteiger partial charge on any atom is -0.488 e. The average Bonchev–Trinajstić information content (AvgIpc) is 2.85. The van der Waals surface area contributed by atoms with Crippen molar-refractivity contribution in [1.29, 1.82) is 0 Å². The van der Waals surface area contributed by atoms with Gasteiger partial charge in [-0.15, -0.1) is 0 Å². The maximum atomic E-state index is 12.5. The van der Waals surface area contributed by atoms with Crippen molar-refractivity contribution in [3.8, 4) is 5.75 Å². The number of fused-ring (bicyclic) bond motifs is 1. The van der Waals surface area contributed by atoms with Crippen molar-refractivity contribution in [2.45, 2.75) is 44.8 Å². The van der Waals surface area contributed by atoms with Gasteiger partial charge in [0, 0.05) is 49.0 Å². The first kappa shape index (κ1) is 21.6. The van der Waals surface area contributed by atoms with Crippen molar-refractivity contribution in [3.63, 3.8) is 0 Å². The molecule has 8 heteroatoms. The van der Waals surface area contributed by atoms with E-state index in [0.717, 1.165) is 80.2 Å². The van der Waals surface area contributed by atoms with Crippen LogP contribution in [0.25, 0.3) is 11.0 Å². The first-order valence-corrected chi connectivity index (χ1v) is 11.6. The molecule has 8 nitrogen and oxygen atoms in total. The second kappa shape index (κ2) is 9.70. The van der Waals surface area contributed by atoms with Crippen LogP contribution in [0.2, 0.25) is 0 Å². The van der Waals surface area contributed by atoms with Crippen LogP contribution in [0, 0.1) is 6.92 Å². The molecule has 1 aliphatic heterocycles. The monoisotopic (exact) mass is 447 g/mol. The summed E-state index contributed by atoms with van der Waals surface area (Å²) < 4.78 is 12.0. The van der Waals surface area contributed by atoms with E-state index in [-0.39, 0.29) is 18.1 Å². The van der Waals surface area contributed by atoms with E-state index < -0.39 is 0 Å². The van der Waals surface area contributed by atoms with E-state index >= 15 is 0 Å². The van der Waals surface area contributed by atoms with Gasteiger partial charge >= 0.3 is 0 Å². The maximum Gasteiger partial charge on any atom is 0.270 e. The zero-order chi connectivity index (χ0) is 22.6. The lowest BCUT2D eigenvalue weighted by Gasteiger charge is -2.31. The summed E-state index contributed by atoms with van der Waals surface area (Å²) in [5, 5.41) is 3.13. The number of benzene rings is 1. The fourth-order valence-corrected chi connectivity index (χ4v) is 4.56. The molecule has 0 atom stereocenters. The van der Waals surface area contributed by atoms with Crippen molar-refractivity contribution >= 4 is 22.6 Å². The predicted octanol–water partition coefficient (Wildman–Crippen LogP) is 3.29. The number of nitrogens with one attached hydrogen (secondary N) is 1. The Kier molecular flexibility index (Phi) is 6.35. The van der Waals surface area contributed by atoms with E-state index in [2.05, 4.69) is 37.3 Å². The van der Waals surface area contributed by atoms with Crippen LogP contribution in [0.15, 0.2) is 42.7 Å². The Labute approximate surface area is 193 Å². The molecule has 0 radical (unpaired) electrons. The molecule has 1 saturated carbocycles. The SMILES string of the molecule is Cc1cccc(C(=O)N[C@H]2CC[C@@H](Oc3cc(N4CCOCC4)cc4nccnc34)CC2)n1. The second-order valence-electron chi connectivity index (χ2n) is 8.70. The number of anilines is 1. The Morgan fingerprint density at radius 3 is 2.67 bits per heavy atom. The number of aromatic nitrogens is 3. The van der Waals surface area contributed by atoms with Gasteiger partial charge in [-0.05, 0) is 50.8 Å². The Balaban J connectivity index is 1.25. The molecule has 0 unspecified atom stereocenters. The third kappa shape index (κ3) is 5.06. The quantitative estimate of drug-likeness (QED) is 0.642. The van der Waals surface area contributed by atoms with E-state index in [1.807, 2.05) is 19.1 Å². The van der Waals surface area contributed by atoms with Crippen molar-refractivity contribution in [2.24, 2.45) is 0 Å². The molecule has 5 rings (SSSR count). The summed E-state index contributed by atoms with van der Waals surface area (Å²) in [5.74, 6) is 0.668. The molecule has 2 aliphatic rings. The van der Waals surface area contributed by atoms with Crippen LogP contribution in [0.3, 0.4) is 0 Å². The summed E-state index contributed by atoms with van der Waals surface area (Å²) in [6.45, 7) is 5.05. The summed E-state index contributed by atoms with van der Waals surface area (Å²) in [6.07, 6.45) is 6.98. The van der Waals surface area contributed by atoms with Crippen LogP contribution < -0.4 is 15.0 Å². The summed E-state index contributed by atoms with van der Waals surface area (Å²) in [7, 11) is 0. The highest BCUT2D eigenvalue weighted by molar-refractivity contribution is 5.92. The number of carbonyl (C=O) groups is 1. The Morgan fingerprint density at radius 1 is 1.09 bits per heavy atom. The number of aryl methyl sites for hydroxylation is 1. The molecule has 1 amide bonds. The highest BCUT2D eigenvalue weighted by atomic mass is 16.5. The molecule has 0 bridgehead atoms. The molecule has 2 aromatic heterocycles.